The number of benzene rings is 2. The van der Waals surface area contributed by atoms with Gasteiger partial charge in [0.05, 0.1) is 5.69 Å². The number of rotatable bonds is 6. The Bertz CT molecular complexity index is 749. The molecule has 24 heavy (non-hydrogen) atoms. The van der Waals surface area contributed by atoms with E-state index in [4.69, 9.17) is 16.3 Å². The first kappa shape index (κ1) is 16.7. The van der Waals surface area contributed by atoms with Gasteiger partial charge in [-0.2, -0.15) is 0 Å². The molecule has 2 N–H and O–H groups in total. The fourth-order valence-electron chi connectivity index (χ4n) is 2.31. The summed E-state index contributed by atoms with van der Waals surface area (Å²) in [5, 5.41) is 13.2. The Kier molecular flexibility index (Phi) is 5.02. The maximum absolute atomic E-state index is 13.1. The molecule has 3 rings (SSSR count). The van der Waals surface area contributed by atoms with Crippen LogP contribution in [0.15, 0.2) is 42.5 Å². The van der Waals surface area contributed by atoms with E-state index in [1.54, 1.807) is 24.3 Å². The molecule has 1 unspecified atom stereocenters. The van der Waals surface area contributed by atoms with Crippen LogP contribution in [-0.2, 0) is 4.79 Å². The quantitative estimate of drug-likeness (QED) is 0.830. The van der Waals surface area contributed by atoms with E-state index in [0.717, 1.165) is 18.9 Å². The van der Waals surface area contributed by atoms with Crippen molar-refractivity contribution < 1.29 is 19.0 Å². The molecule has 1 amide bonds. The van der Waals surface area contributed by atoms with Crippen molar-refractivity contribution in [3.63, 3.8) is 0 Å². The molecule has 1 aliphatic rings. The molecule has 2 aromatic rings. The molecular formula is C18H17ClFNO3. The fraction of sp³-hybridized carbons (Fsp3) is 0.278. The van der Waals surface area contributed by atoms with Gasteiger partial charge in [0, 0.05) is 16.5 Å². The van der Waals surface area contributed by atoms with Gasteiger partial charge < -0.3 is 15.2 Å². The lowest BCUT2D eigenvalue weighted by Crippen LogP contribution is -2.15. The zero-order chi connectivity index (χ0) is 17.1. The molecular weight excluding hydrogens is 333 g/mol. The molecule has 6 heteroatoms. The van der Waals surface area contributed by atoms with Crippen molar-refractivity contribution in [2.75, 3.05) is 11.9 Å². The highest BCUT2D eigenvalue weighted by molar-refractivity contribution is 6.31. The van der Waals surface area contributed by atoms with Gasteiger partial charge in [-0.1, -0.05) is 29.8 Å². The van der Waals surface area contributed by atoms with Gasteiger partial charge in [-0.25, -0.2) is 4.39 Å². The Morgan fingerprint density at radius 2 is 2.08 bits per heavy atom. The molecule has 1 saturated carbocycles. The number of halogens is 2. The lowest BCUT2D eigenvalue weighted by atomic mass is 10.1. The highest BCUT2D eigenvalue weighted by Crippen LogP contribution is 2.32. The molecule has 0 saturated heterocycles. The summed E-state index contributed by atoms with van der Waals surface area (Å²) in [5.41, 5.74) is 0.948. The molecule has 0 aliphatic heterocycles. The first-order valence-corrected chi connectivity index (χ1v) is 8.08. The molecule has 1 aliphatic carbocycles. The number of hydrogen-bond acceptors (Lipinski definition) is 3. The van der Waals surface area contributed by atoms with E-state index in [9.17, 15) is 14.3 Å². The lowest BCUT2D eigenvalue weighted by Gasteiger charge is -2.16. The van der Waals surface area contributed by atoms with Crippen LogP contribution >= 0.6 is 11.6 Å². The van der Waals surface area contributed by atoms with Crippen molar-refractivity contribution in [2.45, 2.75) is 18.9 Å². The molecule has 0 radical (unpaired) electrons. The van der Waals surface area contributed by atoms with E-state index in [0.29, 0.717) is 17.0 Å². The molecule has 2 aromatic carbocycles. The highest BCUT2D eigenvalue weighted by atomic mass is 35.5. The van der Waals surface area contributed by atoms with E-state index in [-0.39, 0.29) is 23.5 Å². The zero-order valence-corrected chi connectivity index (χ0v) is 13.6. The monoisotopic (exact) mass is 349 g/mol. The van der Waals surface area contributed by atoms with Gasteiger partial charge in [-0.05, 0) is 37.1 Å². The second-order valence-corrected chi connectivity index (χ2v) is 6.16. The third kappa shape index (κ3) is 4.04. The Labute approximate surface area is 144 Å². The number of nitrogens with one attached hydrogen (secondary N) is 1. The maximum Gasteiger partial charge on any atom is 0.227 e. The maximum atomic E-state index is 13.1. The first-order valence-electron chi connectivity index (χ1n) is 7.70. The number of carbonyl (C=O) groups is 1. The summed E-state index contributed by atoms with van der Waals surface area (Å²) < 4.78 is 18.7. The summed E-state index contributed by atoms with van der Waals surface area (Å²) >= 11 is 5.94. The number of amides is 1. The number of carbonyl (C=O) groups excluding carboxylic acids is 1. The fourth-order valence-corrected chi connectivity index (χ4v) is 2.60. The minimum atomic E-state index is -1.01. The molecule has 1 fully saturated rings. The minimum Gasteiger partial charge on any atom is -0.488 e. The van der Waals surface area contributed by atoms with Crippen LogP contribution in [0.2, 0.25) is 5.02 Å². The Morgan fingerprint density at radius 3 is 2.79 bits per heavy atom. The van der Waals surface area contributed by atoms with Gasteiger partial charge in [0.2, 0.25) is 5.91 Å². The van der Waals surface area contributed by atoms with Crippen LogP contribution in [0.1, 0.15) is 24.5 Å². The minimum absolute atomic E-state index is 0.0202. The smallest absolute Gasteiger partial charge is 0.227 e. The van der Waals surface area contributed by atoms with Crippen molar-refractivity contribution in [3.8, 4) is 5.75 Å². The van der Waals surface area contributed by atoms with Crippen LogP contribution in [0.5, 0.6) is 5.75 Å². The van der Waals surface area contributed by atoms with Crippen LogP contribution in [0.3, 0.4) is 0 Å². The summed E-state index contributed by atoms with van der Waals surface area (Å²) in [5.74, 6) is 0.0589. The normalized spacial score (nSPS) is 15.0. The van der Waals surface area contributed by atoms with Crippen molar-refractivity contribution in [2.24, 2.45) is 5.92 Å². The number of ether oxygens (including phenoxy) is 1. The standard InChI is InChI=1S/C18H17ClFNO3/c19-14-9-12(20)7-8-13(14)16(22)10-24-17-4-2-1-3-15(17)21-18(23)11-5-6-11/h1-4,7-9,11,16,22H,5-6,10H2,(H,21,23). The van der Waals surface area contributed by atoms with Gasteiger partial charge in [0.1, 0.15) is 24.3 Å². The van der Waals surface area contributed by atoms with Gasteiger partial charge in [-0.3, -0.25) is 4.79 Å². The number of aliphatic hydroxyl groups excluding tert-OH is 1. The summed E-state index contributed by atoms with van der Waals surface area (Å²) in [6, 6.07) is 10.8. The van der Waals surface area contributed by atoms with Crippen molar-refractivity contribution >= 4 is 23.2 Å². The van der Waals surface area contributed by atoms with Crippen molar-refractivity contribution in [1.82, 2.24) is 0 Å². The van der Waals surface area contributed by atoms with Gasteiger partial charge >= 0.3 is 0 Å². The Morgan fingerprint density at radius 1 is 1.33 bits per heavy atom. The average molecular weight is 350 g/mol. The van der Waals surface area contributed by atoms with E-state index < -0.39 is 11.9 Å². The van der Waals surface area contributed by atoms with Gasteiger partial charge in [-0.15, -0.1) is 0 Å². The molecule has 126 valence electrons. The van der Waals surface area contributed by atoms with Crippen LogP contribution in [-0.4, -0.2) is 17.6 Å². The summed E-state index contributed by atoms with van der Waals surface area (Å²) in [6.07, 6.45) is 0.818. The van der Waals surface area contributed by atoms with Crippen LogP contribution in [0, 0.1) is 11.7 Å². The molecule has 4 nitrogen and oxygen atoms in total. The topological polar surface area (TPSA) is 58.6 Å². The molecule has 1 atom stereocenters. The second-order valence-electron chi connectivity index (χ2n) is 5.75. The van der Waals surface area contributed by atoms with Crippen molar-refractivity contribution in [1.29, 1.82) is 0 Å². The van der Waals surface area contributed by atoms with E-state index in [1.807, 2.05) is 0 Å². The zero-order valence-electron chi connectivity index (χ0n) is 12.8. The third-order valence-corrected chi connectivity index (χ3v) is 4.14. The molecule has 0 bridgehead atoms. The van der Waals surface area contributed by atoms with E-state index >= 15 is 0 Å². The SMILES string of the molecule is O=C(Nc1ccccc1OCC(O)c1ccc(F)cc1Cl)C1CC1. The summed E-state index contributed by atoms with van der Waals surface area (Å²) in [4.78, 5) is 11.9. The number of para-hydroxylation sites is 2. The Balaban J connectivity index is 1.66. The molecule has 0 spiro atoms. The van der Waals surface area contributed by atoms with Crippen molar-refractivity contribution in [3.05, 3.63) is 58.9 Å². The summed E-state index contributed by atoms with van der Waals surface area (Å²) in [7, 11) is 0. The third-order valence-electron chi connectivity index (χ3n) is 3.81. The number of aliphatic hydroxyl groups is 1. The van der Waals surface area contributed by atoms with E-state index in [2.05, 4.69) is 5.32 Å². The average Bonchev–Trinajstić information content (AvgIpc) is 3.38. The molecule has 0 aromatic heterocycles. The van der Waals surface area contributed by atoms with Crippen LogP contribution in [0.25, 0.3) is 0 Å². The Hall–Kier alpha value is -2.11. The first-order chi connectivity index (χ1) is 11.5. The highest BCUT2D eigenvalue weighted by Gasteiger charge is 2.30. The lowest BCUT2D eigenvalue weighted by molar-refractivity contribution is -0.117. The largest absolute Gasteiger partial charge is 0.488 e. The molecule has 0 heterocycles. The predicted molar refractivity (Wildman–Crippen MR) is 89.7 cm³/mol. The summed E-state index contributed by atoms with van der Waals surface area (Å²) in [6.45, 7) is -0.0678. The van der Waals surface area contributed by atoms with Crippen LogP contribution < -0.4 is 10.1 Å². The van der Waals surface area contributed by atoms with Gasteiger partial charge in [0.15, 0.2) is 0 Å². The van der Waals surface area contributed by atoms with Crippen LogP contribution in [0.4, 0.5) is 10.1 Å². The number of hydrogen-bond donors (Lipinski definition) is 2. The number of anilines is 1. The van der Waals surface area contributed by atoms with Gasteiger partial charge in [0.25, 0.3) is 0 Å². The predicted octanol–water partition coefficient (Wildman–Crippen LogP) is 3.94. The van der Waals surface area contributed by atoms with E-state index in [1.165, 1.54) is 12.1 Å². The second kappa shape index (κ2) is 7.20.